The Hall–Kier alpha value is -1.86. The Morgan fingerprint density at radius 2 is 1.91 bits per heavy atom. The third-order valence-electron chi connectivity index (χ3n) is 2.90. The van der Waals surface area contributed by atoms with Gasteiger partial charge in [0.15, 0.2) is 0 Å². The first-order chi connectivity index (χ1) is 11.1. The van der Waals surface area contributed by atoms with E-state index >= 15 is 0 Å². The van der Waals surface area contributed by atoms with Crippen LogP contribution in [-0.4, -0.2) is 12.8 Å². The number of nitrogens with zero attached hydrogens (tertiary/aromatic N) is 1. The van der Waals surface area contributed by atoms with Crippen molar-refractivity contribution in [2.75, 3.05) is 6.61 Å². The molecule has 23 heavy (non-hydrogen) atoms. The summed E-state index contributed by atoms with van der Waals surface area (Å²) in [5, 5.41) is 5.89. The fourth-order valence-corrected chi connectivity index (χ4v) is 2.52. The van der Waals surface area contributed by atoms with Gasteiger partial charge in [0.1, 0.15) is 12.4 Å². The summed E-state index contributed by atoms with van der Waals surface area (Å²) in [5.74, 6) is 3.02. The summed E-state index contributed by atoms with van der Waals surface area (Å²) < 4.78 is 5.44. The Morgan fingerprint density at radius 1 is 1.17 bits per heavy atom. The van der Waals surface area contributed by atoms with Crippen molar-refractivity contribution in [2.24, 2.45) is 5.10 Å². The normalized spacial score (nSPS) is 10.5. The van der Waals surface area contributed by atoms with Crippen LogP contribution < -0.4 is 10.2 Å². The standard InChI is InChI=1S/C17H13Cl3N2O/c1-2-8-23-17-7-6-13(18)9-12(17)10-21-22-11-14-15(19)4-3-5-16(14)20/h1,3-7,9-10,22H,8,11H2/b21-10+. The summed E-state index contributed by atoms with van der Waals surface area (Å²) in [6.45, 7) is 0.571. The lowest BCUT2D eigenvalue weighted by atomic mass is 10.2. The molecule has 0 heterocycles. The Morgan fingerprint density at radius 3 is 2.61 bits per heavy atom. The van der Waals surface area contributed by atoms with Crippen LogP contribution in [0.15, 0.2) is 41.5 Å². The second kappa shape index (κ2) is 8.69. The van der Waals surface area contributed by atoms with Crippen LogP contribution in [0, 0.1) is 12.3 Å². The third kappa shape index (κ3) is 5.07. The minimum Gasteiger partial charge on any atom is -0.480 e. The highest BCUT2D eigenvalue weighted by Gasteiger charge is 2.05. The van der Waals surface area contributed by atoms with Crippen molar-refractivity contribution in [1.29, 1.82) is 0 Å². The topological polar surface area (TPSA) is 33.6 Å². The molecule has 0 radical (unpaired) electrons. The molecule has 0 saturated carbocycles. The van der Waals surface area contributed by atoms with Crippen LogP contribution >= 0.6 is 34.8 Å². The summed E-state index contributed by atoms with van der Waals surface area (Å²) >= 11 is 18.2. The van der Waals surface area contributed by atoms with E-state index in [0.717, 1.165) is 5.56 Å². The lowest BCUT2D eigenvalue weighted by molar-refractivity contribution is 0.370. The SMILES string of the molecule is C#CCOc1ccc(Cl)cc1/C=N/NCc1c(Cl)cccc1Cl. The fraction of sp³-hybridized carbons (Fsp3) is 0.118. The van der Waals surface area contributed by atoms with Crippen LogP contribution in [0.4, 0.5) is 0 Å². The van der Waals surface area contributed by atoms with Gasteiger partial charge in [-0.05, 0) is 30.3 Å². The lowest BCUT2D eigenvalue weighted by Gasteiger charge is -2.08. The number of terminal acetylenes is 1. The van der Waals surface area contributed by atoms with Gasteiger partial charge < -0.3 is 10.2 Å². The number of nitrogens with one attached hydrogen (secondary N) is 1. The van der Waals surface area contributed by atoms with Crippen molar-refractivity contribution in [3.05, 3.63) is 62.6 Å². The largest absolute Gasteiger partial charge is 0.480 e. The highest BCUT2D eigenvalue weighted by atomic mass is 35.5. The fourth-order valence-electron chi connectivity index (χ4n) is 1.81. The maximum absolute atomic E-state index is 6.10. The first-order valence-electron chi connectivity index (χ1n) is 6.66. The van der Waals surface area contributed by atoms with E-state index in [2.05, 4.69) is 16.4 Å². The van der Waals surface area contributed by atoms with Crippen molar-refractivity contribution < 1.29 is 4.74 Å². The number of hydrogen-bond donors (Lipinski definition) is 1. The zero-order valence-corrected chi connectivity index (χ0v) is 14.3. The molecule has 1 N–H and O–H groups in total. The van der Waals surface area contributed by atoms with E-state index in [0.29, 0.717) is 32.9 Å². The first-order valence-corrected chi connectivity index (χ1v) is 7.80. The zero-order valence-electron chi connectivity index (χ0n) is 12.0. The van der Waals surface area contributed by atoms with Gasteiger partial charge in [-0.2, -0.15) is 5.10 Å². The van der Waals surface area contributed by atoms with E-state index < -0.39 is 0 Å². The first kappa shape index (κ1) is 17.5. The van der Waals surface area contributed by atoms with Crippen LogP contribution in [0.5, 0.6) is 5.75 Å². The second-order valence-corrected chi connectivity index (χ2v) is 5.72. The molecule has 0 aliphatic heterocycles. The van der Waals surface area contributed by atoms with Gasteiger partial charge in [0, 0.05) is 26.2 Å². The molecular weight excluding hydrogens is 355 g/mol. The van der Waals surface area contributed by atoms with E-state index in [1.807, 2.05) is 0 Å². The zero-order chi connectivity index (χ0) is 16.7. The number of benzene rings is 2. The molecular formula is C17H13Cl3N2O. The average molecular weight is 368 g/mol. The van der Waals surface area contributed by atoms with Gasteiger partial charge in [0.05, 0.1) is 12.8 Å². The van der Waals surface area contributed by atoms with Crippen molar-refractivity contribution in [3.8, 4) is 18.1 Å². The Kier molecular flexibility index (Phi) is 6.61. The van der Waals surface area contributed by atoms with E-state index in [-0.39, 0.29) is 6.61 Å². The van der Waals surface area contributed by atoms with Gasteiger partial charge in [-0.1, -0.05) is 46.8 Å². The summed E-state index contributed by atoms with van der Waals surface area (Å²) in [6.07, 6.45) is 6.80. The summed E-state index contributed by atoms with van der Waals surface area (Å²) in [5.41, 5.74) is 4.39. The van der Waals surface area contributed by atoms with Gasteiger partial charge in [0.2, 0.25) is 0 Å². The van der Waals surface area contributed by atoms with Crippen LogP contribution in [0.3, 0.4) is 0 Å². The Labute approximate surface area is 150 Å². The minimum atomic E-state index is 0.172. The molecule has 2 aromatic rings. The summed E-state index contributed by atoms with van der Waals surface area (Å²) in [4.78, 5) is 0. The molecule has 0 atom stereocenters. The molecule has 2 rings (SSSR count). The van der Waals surface area contributed by atoms with Crippen LogP contribution in [0.2, 0.25) is 15.1 Å². The maximum atomic E-state index is 6.10. The van der Waals surface area contributed by atoms with Crippen molar-refractivity contribution in [1.82, 2.24) is 5.43 Å². The number of rotatable bonds is 6. The molecule has 0 unspecified atom stereocenters. The molecule has 0 aliphatic carbocycles. The number of hydrogen-bond acceptors (Lipinski definition) is 3. The van der Waals surface area contributed by atoms with E-state index in [1.54, 1.807) is 42.6 Å². The van der Waals surface area contributed by atoms with Gasteiger partial charge in [-0.25, -0.2) is 0 Å². The molecule has 0 saturated heterocycles. The number of halogens is 3. The average Bonchev–Trinajstić information content (AvgIpc) is 2.53. The van der Waals surface area contributed by atoms with Gasteiger partial charge in [-0.3, -0.25) is 0 Å². The van der Waals surface area contributed by atoms with Gasteiger partial charge in [0.25, 0.3) is 0 Å². The quantitative estimate of drug-likeness (QED) is 0.453. The Balaban J connectivity index is 2.06. The molecule has 6 heteroatoms. The predicted molar refractivity (Wildman–Crippen MR) is 96.7 cm³/mol. The van der Waals surface area contributed by atoms with Crippen LogP contribution in [0.25, 0.3) is 0 Å². The number of hydrazone groups is 1. The third-order valence-corrected chi connectivity index (χ3v) is 3.84. The van der Waals surface area contributed by atoms with Crippen molar-refractivity contribution >= 4 is 41.0 Å². The highest BCUT2D eigenvalue weighted by Crippen LogP contribution is 2.24. The molecule has 0 fully saturated rings. The van der Waals surface area contributed by atoms with E-state index in [9.17, 15) is 0 Å². The summed E-state index contributed by atoms with van der Waals surface area (Å²) in [7, 11) is 0. The molecule has 0 amide bonds. The van der Waals surface area contributed by atoms with Crippen LogP contribution in [0.1, 0.15) is 11.1 Å². The smallest absolute Gasteiger partial charge is 0.148 e. The molecule has 0 bridgehead atoms. The van der Waals surface area contributed by atoms with Gasteiger partial charge >= 0.3 is 0 Å². The molecule has 0 aromatic heterocycles. The second-order valence-electron chi connectivity index (χ2n) is 4.47. The monoisotopic (exact) mass is 366 g/mol. The van der Waals surface area contributed by atoms with Crippen LogP contribution in [-0.2, 0) is 6.54 Å². The van der Waals surface area contributed by atoms with Crippen molar-refractivity contribution in [3.63, 3.8) is 0 Å². The van der Waals surface area contributed by atoms with E-state index in [1.165, 1.54) is 0 Å². The van der Waals surface area contributed by atoms with E-state index in [4.69, 9.17) is 46.0 Å². The molecule has 3 nitrogen and oxygen atoms in total. The molecule has 2 aromatic carbocycles. The van der Waals surface area contributed by atoms with Gasteiger partial charge in [-0.15, -0.1) is 6.42 Å². The van der Waals surface area contributed by atoms with Crippen molar-refractivity contribution in [2.45, 2.75) is 6.54 Å². The molecule has 0 aliphatic rings. The maximum Gasteiger partial charge on any atom is 0.148 e. The Bertz CT molecular complexity index is 734. The molecule has 0 spiro atoms. The molecule has 118 valence electrons. The predicted octanol–water partition coefficient (Wildman–Crippen LogP) is 4.78. The minimum absolute atomic E-state index is 0.172. The highest BCUT2D eigenvalue weighted by molar-refractivity contribution is 6.36. The number of ether oxygens (including phenoxy) is 1. The summed E-state index contributed by atoms with van der Waals surface area (Å²) in [6, 6.07) is 10.5. The lowest BCUT2D eigenvalue weighted by Crippen LogP contribution is -2.07.